The molecule has 0 aromatic heterocycles. The van der Waals surface area contributed by atoms with Crippen molar-refractivity contribution in [1.82, 2.24) is 4.83 Å². The van der Waals surface area contributed by atoms with Gasteiger partial charge >= 0.3 is 0 Å². The van der Waals surface area contributed by atoms with Crippen LogP contribution in [0, 0.1) is 11.3 Å². The first-order chi connectivity index (χ1) is 10.7. The molecule has 1 saturated carbocycles. The van der Waals surface area contributed by atoms with Gasteiger partial charge in [0.05, 0.1) is 4.90 Å². The Kier molecular flexibility index (Phi) is 5.74. The van der Waals surface area contributed by atoms with Crippen molar-refractivity contribution in [1.29, 1.82) is 0 Å². The highest BCUT2D eigenvalue weighted by Crippen LogP contribution is 2.39. The largest absolute Gasteiger partial charge is 0.276 e. The summed E-state index contributed by atoms with van der Waals surface area (Å²) >= 11 is 5.78. The van der Waals surface area contributed by atoms with Gasteiger partial charge < -0.3 is 0 Å². The molecule has 128 valence electrons. The highest BCUT2D eigenvalue weighted by atomic mass is 35.5. The Labute approximate surface area is 144 Å². The molecule has 0 radical (unpaired) electrons. The molecule has 0 aliphatic heterocycles. The average molecular weight is 357 g/mol. The van der Waals surface area contributed by atoms with E-state index in [2.05, 4.69) is 30.7 Å². The number of nitrogens with one attached hydrogen (secondary N) is 1. The Morgan fingerprint density at radius 1 is 1.22 bits per heavy atom. The molecule has 23 heavy (non-hydrogen) atoms. The predicted molar refractivity (Wildman–Crippen MR) is 95.2 cm³/mol. The zero-order valence-corrected chi connectivity index (χ0v) is 15.5. The van der Waals surface area contributed by atoms with Gasteiger partial charge in [-0.1, -0.05) is 38.8 Å². The van der Waals surface area contributed by atoms with Crippen molar-refractivity contribution < 1.29 is 8.42 Å². The minimum absolute atomic E-state index is 0.173. The van der Waals surface area contributed by atoms with Gasteiger partial charge in [0.2, 0.25) is 0 Å². The Balaban J connectivity index is 1.98. The van der Waals surface area contributed by atoms with Crippen molar-refractivity contribution in [2.24, 2.45) is 16.4 Å². The van der Waals surface area contributed by atoms with E-state index in [0.717, 1.165) is 37.8 Å². The lowest BCUT2D eigenvalue weighted by atomic mass is 9.69. The third-order valence-electron chi connectivity index (χ3n) is 5.03. The van der Waals surface area contributed by atoms with E-state index >= 15 is 0 Å². The maximum absolute atomic E-state index is 12.2. The Morgan fingerprint density at radius 3 is 2.30 bits per heavy atom. The quantitative estimate of drug-likeness (QED) is 0.783. The SMILES string of the molecule is CCC(C)(C)C1CCC(=NNS(=O)(=O)c2ccc(Cl)cc2)CC1. The smallest absolute Gasteiger partial charge is 0.200 e. The van der Waals surface area contributed by atoms with E-state index < -0.39 is 10.0 Å². The molecule has 1 aromatic carbocycles. The number of hydrogen-bond donors (Lipinski definition) is 1. The molecule has 0 amide bonds. The number of nitrogens with zero attached hydrogens (tertiary/aromatic N) is 1. The molecule has 1 aliphatic rings. The third-order valence-corrected chi connectivity index (χ3v) is 6.50. The van der Waals surface area contributed by atoms with E-state index in [1.54, 1.807) is 12.1 Å². The zero-order chi connectivity index (χ0) is 17.1. The van der Waals surface area contributed by atoms with Gasteiger partial charge in [-0.3, -0.25) is 0 Å². The first-order valence-corrected chi connectivity index (χ1v) is 9.93. The van der Waals surface area contributed by atoms with Crippen LogP contribution in [0.15, 0.2) is 34.3 Å². The fourth-order valence-corrected chi connectivity index (χ4v) is 3.90. The number of hydrogen-bond acceptors (Lipinski definition) is 3. The predicted octanol–water partition coefficient (Wildman–Crippen LogP) is 4.60. The highest BCUT2D eigenvalue weighted by molar-refractivity contribution is 7.89. The fourth-order valence-electron chi connectivity index (χ4n) is 2.92. The zero-order valence-electron chi connectivity index (χ0n) is 14.0. The normalized spacial score (nSPS) is 19.5. The first-order valence-electron chi connectivity index (χ1n) is 8.07. The van der Waals surface area contributed by atoms with Crippen LogP contribution in [0.1, 0.15) is 52.9 Å². The summed E-state index contributed by atoms with van der Waals surface area (Å²) in [6, 6.07) is 6.07. The molecule has 0 bridgehead atoms. The van der Waals surface area contributed by atoms with Crippen LogP contribution in [-0.2, 0) is 10.0 Å². The molecule has 6 heteroatoms. The first kappa shape index (κ1) is 18.3. The summed E-state index contributed by atoms with van der Waals surface area (Å²) < 4.78 is 24.4. The van der Waals surface area contributed by atoms with Crippen molar-refractivity contribution in [3.05, 3.63) is 29.3 Å². The molecule has 1 fully saturated rings. The molecular formula is C17H25ClN2O2S. The van der Waals surface area contributed by atoms with Gasteiger partial charge in [0.15, 0.2) is 0 Å². The maximum Gasteiger partial charge on any atom is 0.276 e. The third kappa shape index (κ3) is 4.70. The molecule has 1 aromatic rings. The molecule has 0 saturated heterocycles. The summed E-state index contributed by atoms with van der Waals surface area (Å²) in [6.45, 7) is 6.84. The van der Waals surface area contributed by atoms with Gasteiger partial charge in [0, 0.05) is 10.7 Å². The molecular weight excluding hydrogens is 332 g/mol. The average Bonchev–Trinajstić information content (AvgIpc) is 2.54. The molecule has 4 nitrogen and oxygen atoms in total. The van der Waals surface area contributed by atoms with Crippen LogP contribution in [0.5, 0.6) is 0 Å². The van der Waals surface area contributed by atoms with Gasteiger partial charge in [-0.25, -0.2) is 4.83 Å². The van der Waals surface area contributed by atoms with E-state index in [9.17, 15) is 8.42 Å². The topological polar surface area (TPSA) is 58.5 Å². The van der Waals surface area contributed by atoms with Crippen LogP contribution < -0.4 is 4.83 Å². The second-order valence-electron chi connectivity index (χ2n) is 6.84. The number of rotatable bonds is 5. The second kappa shape index (κ2) is 7.22. The van der Waals surface area contributed by atoms with Crippen LogP contribution in [0.25, 0.3) is 0 Å². The standard InChI is InChI=1S/C17H25ClN2O2S/c1-4-17(2,3)13-5-9-15(10-6-13)19-20-23(21,22)16-11-7-14(18)8-12-16/h7-8,11-13,20H,4-6,9-10H2,1-3H3. The molecule has 0 atom stereocenters. The summed E-state index contributed by atoms with van der Waals surface area (Å²) in [7, 11) is -3.62. The molecule has 2 rings (SSSR count). The van der Waals surface area contributed by atoms with Gasteiger partial charge in [-0.15, -0.1) is 0 Å². The summed E-state index contributed by atoms with van der Waals surface area (Å²) in [6.07, 6.45) is 5.02. The second-order valence-corrected chi connectivity index (χ2v) is 8.94. The Bertz CT molecular complexity index is 656. The lowest BCUT2D eigenvalue weighted by Crippen LogP contribution is -2.29. The van der Waals surface area contributed by atoms with Crippen molar-refractivity contribution >= 4 is 27.3 Å². The summed E-state index contributed by atoms with van der Waals surface area (Å²) in [5.74, 6) is 0.680. The summed E-state index contributed by atoms with van der Waals surface area (Å²) in [5.41, 5.74) is 1.28. The van der Waals surface area contributed by atoms with Crippen molar-refractivity contribution in [2.75, 3.05) is 0 Å². The van der Waals surface area contributed by atoms with Gasteiger partial charge in [0.1, 0.15) is 0 Å². The Hall–Kier alpha value is -1.07. The molecule has 1 N–H and O–H groups in total. The minimum Gasteiger partial charge on any atom is -0.200 e. The summed E-state index contributed by atoms with van der Waals surface area (Å²) in [5, 5.41) is 4.65. The van der Waals surface area contributed by atoms with E-state index in [0.29, 0.717) is 16.4 Å². The molecule has 0 unspecified atom stereocenters. The molecule has 1 aliphatic carbocycles. The van der Waals surface area contributed by atoms with Gasteiger partial charge in [-0.05, 0) is 61.3 Å². The van der Waals surface area contributed by atoms with Crippen LogP contribution in [-0.4, -0.2) is 14.1 Å². The lowest BCUT2D eigenvalue weighted by Gasteiger charge is -2.36. The van der Waals surface area contributed by atoms with Gasteiger partial charge in [-0.2, -0.15) is 13.5 Å². The lowest BCUT2D eigenvalue weighted by molar-refractivity contribution is 0.176. The van der Waals surface area contributed by atoms with E-state index in [1.165, 1.54) is 12.1 Å². The van der Waals surface area contributed by atoms with Gasteiger partial charge in [0.25, 0.3) is 10.0 Å². The van der Waals surface area contributed by atoms with Crippen LogP contribution in [0.3, 0.4) is 0 Å². The van der Waals surface area contributed by atoms with Crippen LogP contribution >= 0.6 is 11.6 Å². The molecule has 0 heterocycles. The van der Waals surface area contributed by atoms with E-state index in [1.807, 2.05) is 0 Å². The van der Waals surface area contributed by atoms with Crippen molar-refractivity contribution in [2.45, 2.75) is 57.8 Å². The summed E-state index contributed by atoms with van der Waals surface area (Å²) in [4.78, 5) is 2.52. The van der Waals surface area contributed by atoms with Crippen LogP contribution in [0.2, 0.25) is 5.02 Å². The van der Waals surface area contributed by atoms with E-state index in [4.69, 9.17) is 11.6 Å². The Morgan fingerprint density at radius 2 is 1.78 bits per heavy atom. The van der Waals surface area contributed by atoms with Crippen molar-refractivity contribution in [3.63, 3.8) is 0 Å². The number of hydrazone groups is 1. The molecule has 0 spiro atoms. The monoisotopic (exact) mass is 356 g/mol. The number of halogens is 1. The number of sulfonamides is 1. The maximum atomic E-state index is 12.2. The fraction of sp³-hybridized carbons (Fsp3) is 0.588. The van der Waals surface area contributed by atoms with Crippen molar-refractivity contribution in [3.8, 4) is 0 Å². The minimum atomic E-state index is -3.62. The highest BCUT2D eigenvalue weighted by Gasteiger charge is 2.30. The van der Waals surface area contributed by atoms with Crippen LogP contribution in [0.4, 0.5) is 0 Å². The number of benzene rings is 1. The van der Waals surface area contributed by atoms with E-state index in [-0.39, 0.29) is 4.90 Å².